The van der Waals surface area contributed by atoms with Crippen LogP contribution in [0.1, 0.15) is 24.2 Å². The van der Waals surface area contributed by atoms with E-state index in [1.165, 1.54) is 11.1 Å². The zero-order chi connectivity index (χ0) is 9.80. The van der Waals surface area contributed by atoms with Crippen molar-refractivity contribution >= 4 is 0 Å². The number of nitrogens with one attached hydrogen (secondary N) is 1. The van der Waals surface area contributed by atoms with Crippen LogP contribution in [0.25, 0.3) is 0 Å². The summed E-state index contributed by atoms with van der Waals surface area (Å²) in [6.07, 6.45) is 1.30. The average Bonchev–Trinajstić information content (AvgIpc) is 2.26. The minimum Gasteiger partial charge on any atom is -0.372 e. The van der Waals surface area contributed by atoms with Gasteiger partial charge in [0, 0.05) is 6.54 Å². The lowest BCUT2D eigenvalue weighted by Gasteiger charge is -2.26. The summed E-state index contributed by atoms with van der Waals surface area (Å²) in [5.74, 6) is 0. The minimum absolute atomic E-state index is 0.250. The van der Waals surface area contributed by atoms with Gasteiger partial charge in [0.1, 0.15) is 0 Å². The lowest BCUT2D eigenvalue weighted by atomic mass is 9.98. The summed E-state index contributed by atoms with van der Waals surface area (Å²) in [7, 11) is 0. The van der Waals surface area contributed by atoms with Crippen LogP contribution < -0.4 is 5.32 Å². The zero-order valence-electron chi connectivity index (χ0n) is 8.62. The molecule has 1 aliphatic heterocycles. The molecule has 14 heavy (non-hydrogen) atoms. The van der Waals surface area contributed by atoms with Crippen molar-refractivity contribution in [3.63, 3.8) is 0 Å². The first-order chi connectivity index (χ1) is 6.92. The van der Waals surface area contributed by atoms with Crippen LogP contribution in [-0.2, 0) is 11.2 Å². The summed E-state index contributed by atoms with van der Waals surface area (Å²) in [5, 5.41) is 3.33. The molecule has 1 atom stereocenters. The van der Waals surface area contributed by atoms with Crippen molar-refractivity contribution in [2.24, 2.45) is 0 Å². The van der Waals surface area contributed by atoms with Crippen LogP contribution in [0.5, 0.6) is 0 Å². The van der Waals surface area contributed by atoms with Gasteiger partial charge in [-0.3, -0.25) is 0 Å². The summed E-state index contributed by atoms with van der Waals surface area (Å²) >= 11 is 0. The molecule has 0 aromatic heterocycles. The van der Waals surface area contributed by atoms with Gasteiger partial charge in [0.15, 0.2) is 0 Å². The Balaban J connectivity index is 2.14. The number of ether oxygens (including phenoxy) is 1. The van der Waals surface area contributed by atoms with Crippen molar-refractivity contribution in [3.05, 3.63) is 35.4 Å². The van der Waals surface area contributed by atoms with Crippen LogP contribution in [0.4, 0.5) is 0 Å². The molecule has 1 aromatic rings. The normalized spacial score (nSPS) is 20.5. The Labute approximate surface area is 85.3 Å². The highest BCUT2D eigenvalue weighted by Crippen LogP contribution is 2.25. The van der Waals surface area contributed by atoms with E-state index in [9.17, 15) is 0 Å². The molecule has 1 N–H and O–H groups in total. The standard InChI is InChI=1S/C12H17NO/c1-2-13-9-12-11-6-4-3-5-10(11)7-8-14-12/h3-6,12-13H,2,7-9H2,1H3/t12-/m1/s1. The van der Waals surface area contributed by atoms with Gasteiger partial charge >= 0.3 is 0 Å². The lowest BCUT2D eigenvalue weighted by Crippen LogP contribution is -2.27. The molecule has 2 heteroatoms. The maximum Gasteiger partial charge on any atom is 0.0952 e. The van der Waals surface area contributed by atoms with E-state index in [1.54, 1.807) is 0 Å². The molecule has 0 amide bonds. The molecule has 2 rings (SSSR count). The fraction of sp³-hybridized carbons (Fsp3) is 0.500. The molecule has 0 radical (unpaired) electrons. The fourth-order valence-electron chi connectivity index (χ4n) is 1.92. The molecule has 1 aromatic carbocycles. The van der Waals surface area contributed by atoms with Crippen LogP contribution in [0, 0.1) is 0 Å². The van der Waals surface area contributed by atoms with E-state index in [-0.39, 0.29) is 6.10 Å². The predicted octanol–water partition coefficient (Wildman–Crippen LogP) is 1.91. The molecule has 0 bridgehead atoms. The van der Waals surface area contributed by atoms with Gasteiger partial charge in [-0.25, -0.2) is 0 Å². The summed E-state index contributed by atoms with van der Waals surface area (Å²) in [4.78, 5) is 0. The molecular formula is C12H17NO. The quantitative estimate of drug-likeness (QED) is 0.788. The Morgan fingerprint density at radius 3 is 3.14 bits per heavy atom. The van der Waals surface area contributed by atoms with Crippen LogP contribution in [-0.4, -0.2) is 19.7 Å². The minimum atomic E-state index is 0.250. The zero-order valence-corrected chi connectivity index (χ0v) is 8.62. The van der Waals surface area contributed by atoms with Crippen LogP contribution in [0.3, 0.4) is 0 Å². The molecule has 0 spiro atoms. The summed E-state index contributed by atoms with van der Waals surface area (Å²) in [6, 6.07) is 8.58. The fourth-order valence-corrected chi connectivity index (χ4v) is 1.92. The van der Waals surface area contributed by atoms with Crippen molar-refractivity contribution in [2.75, 3.05) is 19.7 Å². The first kappa shape index (κ1) is 9.69. The predicted molar refractivity (Wildman–Crippen MR) is 57.4 cm³/mol. The van der Waals surface area contributed by atoms with Crippen LogP contribution in [0.2, 0.25) is 0 Å². The van der Waals surface area contributed by atoms with Gasteiger partial charge in [-0.05, 0) is 24.1 Å². The Kier molecular flexibility index (Phi) is 3.17. The number of hydrogen-bond acceptors (Lipinski definition) is 2. The smallest absolute Gasteiger partial charge is 0.0952 e. The van der Waals surface area contributed by atoms with Crippen molar-refractivity contribution in [1.82, 2.24) is 5.32 Å². The molecule has 1 aliphatic rings. The van der Waals surface area contributed by atoms with E-state index in [4.69, 9.17) is 4.74 Å². The van der Waals surface area contributed by atoms with E-state index in [0.29, 0.717) is 0 Å². The van der Waals surface area contributed by atoms with E-state index >= 15 is 0 Å². The largest absolute Gasteiger partial charge is 0.372 e. The van der Waals surface area contributed by atoms with E-state index in [0.717, 1.165) is 26.1 Å². The summed E-state index contributed by atoms with van der Waals surface area (Å²) < 4.78 is 5.74. The number of rotatable bonds is 3. The highest BCUT2D eigenvalue weighted by atomic mass is 16.5. The van der Waals surface area contributed by atoms with Crippen LogP contribution >= 0.6 is 0 Å². The number of fused-ring (bicyclic) bond motifs is 1. The van der Waals surface area contributed by atoms with Crippen molar-refractivity contribution in [3.8, 4) is 0 Å². The highest BCUT2D eigenvalue weighted by molar-refractivity contribution is 5.31. The van der Waals surface area contributed by atoms with Gasteiger partial charge in [-0.2, -0.15) is 0 Å². The van der Waals surface area contributed by atoms with Crippen molar-refractivity contribution in [1.29, 1.82) is 0 Å². The van der Waals surface area contributed by atoms with Gasteiger partial charge in [-0.15, -0.1) is 0 Å². The Hall–Kier alpha value is -0.860. The van der Waals surface area contributed by atoms with Crippen molar-refractivity contribution in [2.45, 2.75) is 19.4 Å². The van der Waals surface area contributed by atoms with E-state index in [1.807, 2.05) is 0 Å². The average molecular weight is 191 g/mol. The third-order valence-electron chi connectivity index (χ3n) is 2.67. The maximum atomic E-state index is 5.74. The summed E-state index contributed by atoms with van der Waals surface area (Å²) in [6.45, 7) is 4.90. The topological polar surface area (TPSA) is 21.3 Å². The highest BCUT2D eigenvalue weighted by Gasteiger charge is 2.19. The maximum absolute atomic E-state index is 5.74. The third kappa shape index (κ3) is 1.97. The van der Waals surface area contributed by atoms with E-state index in [2.05, 4.69) is 36.5 Å². The van der Waals surface area contributed by atoms with Gasteiger partial charge in [0.2, 0.25) is 0 Å². The Morgan fingerprint density at radius 2 is 2.29 bits per heavy atom. The SMILES string of the molecule is CCNC[C@H]1OCCc2ccccc21. The number of hydrogen-bond donors (Lipinski definition) is 1. The second-order valence-corrected chi connectivity index (χ2v) is 3.62. The van der Waals surface area contributed by atoms with Gasteiger partial charge in [0.05, 0.1) is 12.7 Å². The molecule has 0 saturated carbocycles. The second kappa shape index (κ2) is 4.58. The second-order valence-electron chi connectivity index (χ2n) is 3.62. The lowest BCUT2D eigenvalue weighted by molar-refractivity contribution is 0.0429. The van der Waals surface area contributed by atoms with Gasteiger partial charge in [-0.1, -0.05) is 31.2 Å². The molecule has 0 unspecified atom stereocenters. The van der Waals surface area contributed by atoms with Crippen LogP contribution in [0.15, 0.2) is 24.3 Å². The van der Waals surface area contributed by atoms with E-state index < -0.39 is 0 Å². The number of likely N-dealkylation sites (N-methyl/N-ethyl adjacent to an activating group) is 1. The Bertz CT molecular complexity index is 298. The molecule has 0 aliphatic carbocycles. The molecule has 1 heterocycles. The number of benzene rings is 1. The first-order valence-electron chi connectivity index (χ1n) is 5.32. The molecule has 2 nitrogen and oxygen atoms in total. The third-order valence-corrected chi connectivity index (χ3v) is 2.67. The van der Waals surface area contributed by atoms with Crippen molar-refractivity contribution < 1.29 is 4.74 Å². The summed E-state index contributed by atoms with van der Waals surface area (Å²) in [5.41, 5.74) is 2.81. The molecular weight excluding hydrogens is 174 g/mol. The monoisotopic (exact) mass is 191 g/mol. The van der Waals surface area contributed by atoms with Gasteiger partial charge in [0.25, 0.3) is 0 Å². The molecule has 0 fully saturated rings. The Morgan fingerprint density at radius 1 is 1.43 bits per heavy atom. The first-order valence-corrected chi connectivity index (χ1v) is 5.32. The molecule has 76 valence electrons. The molecule has 0 saturated heterocycles. The van der Waals surface area contributed by atoms with Gasteiger partial charge < -0.3 is 10.1 Å².